The van der Waals surface area contributed by atoms with Gasteiger partial charge >= 0.3 is 0 Å². The molecule has 0 aliphatic carbocycles. The Bertz CT molecular complexity index is 378. The van der Waals surface area contributed by atoms with Crippen LogP contribution in [-0.2, 0) is 6.42 Å². The molecule has 0 bridgehead atoms. The molecule has 4 heteroatoms. The third-order valence-corrected chi connectivity index (χ3v) is 3.70. The lowest BCUT2D eigenvalue weighted by molar-refractivity contribution is 0.365. The third-order valence-electron chi connectivity index (χ3n) is 3.09. The molecule has 16 heavy (non-hydrogen) atoms. The van der Waals surface area contributed by atoms with Crippen molar-refractivity contribution < 1.29 is 9.50 Å². The maximum Gasteiger partial charge on any atom is 0.137 e. The molecule has 88 valence electrons. The van der Waals surface area contributed by atoms with Gasteiger partial charge in [-0.15, -0.1) is 0 Å². The van der Waals surface area contributed by atoms with Crippen molar-refractivity contribution in [3.8, 4) is 5.75 Å². The minimum Gasteiger partial charge on any atom is -0.508 e. The van der Waals surface area contributed by atoms with E-state index in [2.05, 4.69) is 21.2 Å². The number of hydrogen-bond donors (Lipinski definition) is 2. The van der Waals surface area contributed by atoms with Gasteiger partial charge in [0.2, 0.25) is 0 Å². The number of phenols is 1. The summed E-state index contributed by atoms with van der Waals surface area (Å²) in [4.78, 5) is 0. The Labute approximate surface area is 103 Å². The number of benzene rings is 1. The van der Waals surface area contributed by atoms with E-state index in [0.717, 1.165) is 32.4 Å². The highest BCUT2D eigenvalue weighted by molar-refractivity contribution is 9.10. The van der Waals surface area contributed by atoms with E-state index < -0.39 is 0 Å². The lowest BCUT2D eigenvalue weighted by Gasteiger charge is -2.22. The van der Waals surface area contributed by atoms with E-state index in [1.807, 2.05) is 0 Å². The van der Waals surface area contributed by atoms with Gasteiger partial charge in [-0.2, -0.15) is 0 Å². The first-order valence-corrected chi connectivity index (χ1v) is 6.33. The molecule has 1 saturated heterocycles. The smallest absolute Gasteiger partial charge is 0.137 e. The molecule has 2 rings (SSSR count). The van der Waals surface area contributed by atoms with Gasteiger partial charge in [-0.25, -0.2) is 4.39 Å². The fraction of sp³-hybridized carbons (Fsp3) is 0.500. The zero-order valence-electron chi connectivity index (χ0n) is 8.97. The molecule has 0 radical (unpaired) electrons. The van der Waals surface area contributed by atoms with Gasteiger partial charge < -0.3 is 10.4 Å². The average Bonchev–Trinajstić information content (AvgIpc) is 2.27. The molecule has 1 aromatic carbocycles. The fourth-order valence-corrected chi connectivity index (χ4v) is 2.47. The number of nitrogens with one attached hydrogen (secondary N) is 1. The summed E-state index contributed by atoms with van der Waals surface area (Å²) in [6.07, 6.45) is 2.95. The molecule has 0 unspecified atom stereocenters. The Kier molecular flexibility index (Phi) is 3.82. The normalized spacial score (nSPS) is 17.6. The molecule has 1 fully saturated rings. The number of piperidine rings is 1. The standard InChI is InChI=1S/C12H15BrFNO/c13-10-7-12(16)9(6-11(10)14)5-8-1-3-15-4-2-8/h6-8,15-16H,1-5H2. The van der Waals surface area contributed by atoms with Gasteiger partial charge in [0, 0.05) is 0 Å². The van der Waals surface area contributed by atoms with E-state index in [1.54, 1.807) is 0 Å². The number of rotatable bonds is 2. The van der Waals surface area contributed by atoms with Crippen LogP contribution in [0.1, 0.15) is 18.4 Å². The van der Waals surface area contributed by atoms with Crippen LogP contribution >= 0.6 is 15.9 Å². The topological polar surface area (TPSA) is 32.3 Å². The quantitative estimate of drug-likeness (QED) is 0.877. The Morgan fingerprint density at radius 2 is 2.06 bits per heavy atom. The minimum absolute atomic E-state index is 0.187. The predicted octanol–water partition coefficient (Wildman–Crippen LogP) is 2.84. The third kappa shape index (κ3) is 2.74. The van der Waals surface area contributed by atoms with E-state index in [0.29, 0.717) is 16.0 Å². The molecular weight excluding hydrogens is 273 g/mol. The van der Waals surface area contributed by atoms with E-state index in [9.17, 15) is 9.50 Å². The summed E-state index contributed by atoms with van der Waals surface area (Å²) in [5, 5.41) is 13.0. The van der Waals surface area contributed by atoms with Crippen LogP contribution in [0.4, 0.5) is 4.39 Å². The summed E-state index contributed by atoms with van der Waals surface area (Å²) >= 11 is 3.06. The van der Waals surface area contributed by atoms with Crippen LogP contribution in [0.5, 0.6) is 5.75 Å². The molecule has 0 atom stereocenters. The van der Waals surface area contributed by atoms with Crippen molar-refractivity contribution in [3.05, 3.63) is 28.0 Å². The Morgan fingerprint density at radius 3 is 2.75 bits per heavy atom. The van der Waals surface area contributed by atoms with Gasteiger partial charge in [0.1, 0.15) is 11.6 Å². The highest BCUT2D eigenvalue weighted by Gasteiger charge is 2.16. The molecule has 1 heterocycles. The van der Waals surface area contributed by atoms with Crippen molar-refractivity contribution in [2.75, 3.05) is 13.1 Å². The Morgan fingerprint density at radius 1 is 1.38 bits per heavy atom. The Hall–Kier alpha value is -0.610. The second kappa shape index (κ2) is 5.15. The van der Waals surface area contributed by atoms with Crippen LogP contribution < -0.4 is 5.32 Å². The summed E-state index contributed by atoms with van der Waals surface area (Å²) < 4.78 is 13.7. The first kappa shape index (κ1) is 11.9. The van der Waals surface area contributed by atoms with Gasteiger partial charge in [0.15, 0.2) is 0 Å². The minimum atomic E-state index is -0.304. The second-order valence-corrected chi connectivity index (χ2v) is 5.15. The summed E-state index contributed by atoms with van der Waals surface area (Å²) in [7, 11) is 0. The molecule has 1 aromatic rings. The first-order chi connectivity index (χ1) is 7.66. The van der Waals surface area contributed by atoms with Crippen molar-refractivity contribution in [3.63, 3.8) is 0 Å². The average molecular weight is 288 g/mol. The van der Waals surface area contributed by atoms with Crippen molar-refractivity contribution in [1.29, 1.82) is 0 Å². The summed E-state index contributed by atoms with van der Waals surface area (Å²) in [5.41, 5.74) is 0.715. The molecule has 2 N–H and O–H groups in total. The van der Waals surface area contributed by atoms with Crippen LogP contribution in [-0.4, -0.2) is 18.2 Å². The summed E-state index contributed by atoms with van der Waals surface area (Å²) in [6, 6.07) is 2.87. The van der Waals surface area contributed by atoms with Crippen LogP contribution in [0.15, 0.2) is 16.6 Å². The SMILES string of the molecule is Oc1cc(Br)c(F)cc1CC1CCNCC1. The monoisotopic (exact) mass is 287 g/mol. The highest BCUT2D eigenvalue weighted by Crippen LogP contribution is 2.29. The maximum absolute atomic E-state index is 13.3. The molecule has 1 aliphatic heterocycles. The largest absolute Gasteiger partial charge is 0.508 e. The van der Waals surface area contributed by atoms with Gasteiger partial charge in [-0.1, -0.05) is 0 Å². The number of hydrogen-bond acceptors (Lipinski definition) is 2. The van der Waals surface area contributed by atoms with Gasteiger partial charge in [0.25, 0.3) is 0 Å². The van der Waals surface area contributed by atoms with Crippen molar-refractivity contribution >= 4 is 15.9 Å². The van der Waals surface area contributed by atoms with Crippen molar-refractivity contribution in [1.82, 2.24) is 5.32 Å². The fourth-order valence-electron chi connectivity index (χ4n) is 2.14. The molecule has 0 saturated carbocycles. The molecule has 1 aliphatic rings. The highest BCUT2D eigenvalue weighted by atomic mass is 79.9. The lowest BCUT2D eigenvalue weighted by Crippen LogP contribution is -2.28. The van der Waals surface area contributed by atoms with Gasteiger partial charge in [0.05, 0.1) is 4.47 Å². The van der Waals surface area contributed by atoms with Crippen LogP contribution in [0.2, 0.25) is 0 Å². The Balaban J connectivity index is 2.11. The number of halogens is 2. The number of phenolic OH excluding ortho intramolecular Hbond substituents is 1. The molecule has 0 spiro atoms. The lowest BCUT2D eigenvalue weighted by atomic mass is 9.90. The molecule has 0 amide bonds. The molecule has 0 aromatic heterocycles. The van der Waals surface area contributed by atoms with Crippen molar-refractivity contribution in [2.45, 2.75) is 19.3 Å². The second-order valence-electron chi connectivity index (χ2n) is 4.29. The predicted molar refractivity (Wildman–Crippen MR) is 65.1 cm³/mol. The van der Waals surface area contributed by atoms with Gasteiger partial charge in [-0.05, 0) is 71.9 Å². The van der Waals surface area contributed by atoms with Crippen LogP contribution in [0, 0.1) is 11.7 Å². The number of aromatic hydroxyl groups is 1. The van der Waals surface area contributed by atoms with Gasteiger partial charge in [-0.3, -0.25) is 0 Å². The van der Waals surface area contributed by atoms with E-state index in [-0.39, 0.29) is 11.6 Å². The van der Waals surface area contributed by atoms with E-state index in [1.165, 1.54) is 12.1 Å². The maximum atomic E-state index is 13.3. The molecular formula is C12H15BrFNO. The summed E-state index contributed by atoms with van der Waals surface area (Å²) in [6.45, 7) is 2.04. The first-order valence-electron chi connectivity index (χ1n) is 5.54. The zero-order valence-corrected chi connectivity index (χ0v) is 10.6. The van der Waals surface area contributed by atoms with Crippen LogP contribution in [0.25, 0.3) is 0 Å². The van der Waals surface area contributed by atoms with E-state index in [4.69, 9.17) is 0 Å². The van der Waals surface area contributed by atoms with Crippen molar-refractivity contribution in [2.24, 2.45) is 5.92 Å². The zero-order chi connectivity index (χ0) is 11.5. The van der Waals surface area contributed by atoms with E-state index >= 15 is 0 Å². The summed E-state index contributed by atoms with van der Waals surface area (Å²) in [5.74, 6) is 0.432. The molecule has 2 nitrogen and oxygen atoms in total. The van der Waals surface area contributed by atoms with Crippen LogP contribution in [0.3, 0.4) is 0 Å².